The van der Waals surface area contributed by atoms with Crippen LogP contribution in [-0.2, 0) is 11.3 Å². The van der Waals surface area contributed by atoms with E-state index in [0.717, 1.165) is 13.1 Å². The molecule has 1 aliphatic rings. The van der Waals surface area contributed by atoms with Crippen LogP contribution in [0.3, 0.4) is 0 Å². The molecule has 0 saturated carbocycles. The van der Waals surface area contributed by atoms with Crippen LogP contribution in [-0.4, -0.2) is 37.2 Å². The lowest BCUT2D eigenvalue weighted by Gasteiger charge is -2.34. The van der Waals surface area contributed by atoms with Gasteiger partial charge in [-0.25, -0.2) is 0 Å². The number of carbonyl (C=O) groups is 1. The topological polar surface area (TPSA) is 32.3 Å². The molecule has 1 atom stereocenters. The van der Waals surface area contributed by atoms with Crippen molar-refractivity contribution in [1.29, 1.82) is 0 Å². The van der Waals surface area contributed by atoms with E-state index in [-0.39, 0.29) is 11.8 Å². The zero-order valence-electron chi connectivity index (χ0n) is 11.8. The number of carbonyl (C=O) groups excluding carboxylic acids is 1. The molecule has 1 heterocycles. The number of thioether (sulfide) groups is 1. The van der Waals surface area contributed by atoms with Gasteiger partial charge in [-0.1, -0.05) is 19.1 Å². The minimum atomic E-state index is 0.122. The number of hydrogen-bond acceptors (Lipinski definition) is 3. The van der Waals surface area contributed by atoms with Crippen molar-refractivity contribution in [3.63, 3.8) is 0 Å². The molecule has 1 aromatic carbocycles. The largest absolute Gasteiger partial charge is 0.341 e. The third kappa shape index (κ3) is 3.51. The van der Waals surface area contributed by atoms with Gasteiger partial charge in [0.15, 0.2) is 0 Å². The Bertz CT molecular complexity index is 428. The van der Waals surface area contributed by atoms with E-state index in [0.29, 0.717) is 12.5 Å². The number of benzene rings is 1. The van der Waals surface area contributed by atoms with Gasteiger partial charge in [0.1, 0.15) is 0 Å². The van der Waals surface area contributed by atoms with Gasteiger partial charge in [-0.2, -0.15) is 0 Å². The highest BCUT2D eigenvalue weighted by Gasteiger charge is 2.30. The smallest absolute Gasteiger partial charge is 0.225 e. The third-order valence-corrected chi connectivity index (χ3v) is 4.61. The average Bonchev–Trinajstić information content (AvgIpc) is 2.36. The van der Waals surface area contributed by atoms with Gasteiger partial charge in [-0.05, 0) is 43.0 Å². The molecule has 2 rings (SSSR count). The fourth-order valence-corrected chi connectivity index (χ4v) is 2.70. The van der Waals surface area contributed by atoms with Gasteiger partial charge in [0.05, 0.1) is 0 Å². The lowest BCUT2D eigenvalue weighted by Crippen LogP contribution is -2.49. The van der Waals surface area contributed by atoms with Crippen LogP contribution in [0.15, 0.2) is 29.2 Å². The number of amides is 1. The highest BCUT2D eigenvalue weighted by molar-refractivity contribution is 7.98. The van der Waals surface area contributed by atoms with Crippen LogP contribution in [0.4, 0.5) is 0 Å². The summed E-state index contributed by atoms with van der Waals surface area (Å²) in [6.45, 7) is 4.69. The summed E-state index contributed by atoms with van der Waals surface area (Å²) in [6, 6.07) is 8.42. The molecule has 4 heteroatoms. The molecule has 0 spiro atoms. The van der Waals surface area contributed by atoms with Gasteiger partial charge in [0.25, 0.3) is 0 Å². The zero-order chi connectivity index (χ0) is 13.8. The van der Waals surface area contributed by atoms with Crippen molar-refractivity contribution in [3.8, 4) is 0 Å². The Morgan fingerprint density at radius 2 is 2.05 bits per heavy atom. The van der Waals surface area contributed by atoms with Crippen molar-refractivity contribution < 1.29 is 4.79 Å². The molecule has 1 aliphatic heterocycles. The first kappa shape index (κ1) is 14.4. The van der Waals surface area contributed by atoms with E-state index in [2.05, 4.69) is 35.8 Å². The predicted octanol–water partition coefficient (Wildman–Crippen LogP) is 2.22. The Morgan fingerprint density at radius 1 is 1.42 bits per heavy atom. The molecule has 3 nitrogen and oxygen atoms in total. The zero-order valence-corrected chi connectivity index (χ0v) is 12.7. The predicted molar refractivity (Wildman–Crippen MR) is 80.2 cm³/mol. The van der Waals surface area contributed by atoms with Crippen LogP contribution in [0, 0.1) is 11.8 Å². The Labute approximate surface area is 119 Å². The van der Waals surface area contributed by atoms with Crippen LogP contribution in [0.1, 0.15) is 12.5 Å². The maximum atomic E-state index is 12.3. The Balaban J connectivity index is 1.91. The molecule has 104 valence electrons. The van der Waals surface area contributed by atoms with Gasteiger partial charge in [0, 0.05) is 24.4 Å². The summed E-state index contributed by atoms with van der Waals surface area (Å²) in [7, 11) is 1.90. The normalized spacial score (nSPS) is 16.8. The van der Waals surface area contributed by atoms with Crippen molar-refractivity contribution in [1.82, 2.24) is 10.2 Å². The van der Waals surface area contributed by atoms with E-state index < -0.39 is 0 Å². The molecule has 19 heavy (non-hydrogen) atoms. The van der Waals surface area contributed by atoms with E-state index >= 15 is 0 Å². The number of rotatable bonds is 5. The summed E-state index contributed by atoms with van der Waals surface area (Å²) in [5, 5.41) is 3.23. The summed E-state index contributed by atoms with van der Waals surface area (Å²) >= 11 is 1.73. The molecule has 0 radical (unpaired) electrons. The second-order valence-corrected chi connectivity index (χ2v) is 6.13. The van der Waals surface area contributed by atoms with Crippen molar-refractivity contribution in [2.45, 2.75) is 18.4 Å². The van der Waals surface area contributed by atoms with Gasteiger partial charge in [0.2, 0.25) is 5.91 Å². The van der Waals surface area contributed by atoms with Crippen molar-refractivity contribution in [3.05, 3.63) is 29.8 Å². The molecule has 0 aromatic heterocycles. The Hall–Kier alpha value is -1.00. The minimum Gasteiger partial charge on any atom is -0.341 e. The van der Waals surface area contributed by atoms with Crippen LogP contribution in [0.25, 0.3) is 0 Å². The minimum absolute atomic E-state index is 0.122. The quantitative estimate of drug-likeness (QED) is 0.838. The first-order valence-electron chi connectivity index (χ1n) is 6.70. The van der Waals surface area contributed by atoms with E-state index in [9.17, 15) is 4.79 Å². The lowest BCUT2D eigenvalue weighted by molar-refractivity contribution is -0.136. The molecule has 1 fully saturated rings. The van der Waals surface area contributed by atoms with E-state index in [1.54, 1.807) is 11.8 Å². The fourth-order valence-electron chi connectivity index (χ4n) is 2.30. The molecule has 1 amide bonds. The second-order valence-electron chi connectivity index (χ2n) is 5.25. The highest BCUT2D eigenvalue weighted by atomic mass is 32.2. The van der Waals surface area contributed by atoms with Crippen LogP contribution < -0.4 is 5.32 Å². The summed E-state index contributed by atoms with van der Waals surface area (Å²) < 4.78 is 0. The molecule has 0 aliphatic carbocycles. The maximum Gasteiger partial charge on any atom is 0.225 e. The Morgan fingerprint density at radius 3 is 2.53 bits per heavy atom. The SMILES string of the molecule is CSc1ccc(CN(C)C(=O)C(C)C2CNC2)cc1. The highest BCUT2D eigenvalue weighted by Crippen LogP contribution is 2.20. The number of nitrogens with zero attached hydrogens (tertiary/aromatic N) is 1. The van der Waals surface area contributed by atoms with Crippen LogP contribution in [0.5, 0.6) is 0 Å². The standard InChI is InChI=1S/C15H22N2OS/c1-11(13-8-16-9-13)15(18)17(2)10-12-4-6-14(19-3)7-5-12/h4-7,11,13,16H,8-10H2,1-3H3. The summed E-state index contributed by atoms with van der Waals surface area (Å²) in [5.74, 6) is 0.881. The summed E-state index contributed by atoms with van der Waals surface area (Å²) in [5.41, 5.74) is 1.19. The molecule has 1 aromatic rings. The van der Waals surface area contributed by atoms with Crippen LogP contribution in [0.2, 0.25) is 0 Å². The average molecular weight is 278 g/mol. The molecular formula is C15H22N2OS. The van der Waals surface area contributed by atoms with E-state index in [1.807, 2.05) is 18.9 Å². The molecule has 1 saturated heterocycles. The molecular weight excluding hydrogens is 256 g/mol. The Kier molecular flexibility index (Phi) is 4.88. The lowest BCUT2D eigenvalue weighted by atomic mass is 9.88. The number of nitrogens with one attached hydrogen (secondary N) is 1. The summed E-state index contributed by atoms with van der Waals surface area (Å²) in [4.78, 5) is 15.4. The van der Waals surface area contributed by atoms with Crippen molar-refractivity contribution in [2.24, 2.45) is 11.8 Å². The van der Waals surface area contributed by atoms with E-state index in [4.69, 9.17) is 0 Å². The van der Waals surface area contributed by atoms with E-state index in [1.165, 1.54) is 10.5 Å². The van der Waals surface area contributed by atoms with Crippen LogP contribution >= 0.6 is 11.8 Å². The van der Waals surface area contributed by atoms with Gasteiger partial charge in [-0.3, -0.25) is 4.79 Å². The second kappa shape index (κ2) is 6.44. The van der Waals surface area contributed by atoms with Gasteiger partial charge in [-0.15, -0.1) is 11.8 Å². The van der Waals surface area contributed by atoms with Gasteiger partial charge >= 0.3 is 0 Å². The molecule has 1 unspecified atom stereocenters. The molecule has 0 bridgehead atoms. The number of hydrogen-bond donors (Lipinski definition) is 1. The summed E-state index contributed by atoms with van der Waals surface area (Å²) in [6.07, 6.45) is 2.07. The first-order valence-corrected chi connectivity index (χ1v) is 7.93. The third-order valence-electron chi connectivity index (χ3n) is 3.86. The van der Waals surface area contributed by atoms with Gasteiger partial charge < -0.3 is 10.2 Å². The fraction of sp³-hybridized carbons (Fsp3) is 0.533. The maximum absolute atomic E-state index is 12.3. The monoisotopic (exact) mass is 278 g/mol. The first-order chi connectivity index (χ1) is 9.11. The molecule has 1 N–H and O–H groups in total. The van der Waals surface area contributed by atoms with Crippen molar-refractivity contribution in [2.75, 3.05) is 26.4 Å². The van der Waals surface area contributed by atoms with Crippen molar-refractivity contribution >= 4 is 17.7 Å².